The lowest BCUT2D eigenvalue weighted by Crippen LogP contribution is -2.36. The molecule has 0 unspecified atom stereocenters. The first-order chi connectivity index (χ1) is 10.8. The maximum Gasteiger partial charge on any atom is 0.329 e. The Labute approximate surface area is 133 Å². The van der Waals surface area contributed by atoms with Crippen molar-refractivity contribution in [3.63, 3.8) is 0 Å². The fraction of sp³-hybridized carbons (Fsp3) is 0.556. The highest BCUT2D eigenvalue weighted by Crippen LogP contribution is 2.14. The highest BCUT2D eigenvalue weighted by Gasteiger charge is 2.17. The van der Waals surface area contributed by atoms with Crippen molar-refractivity contribution in [2.45, 2.75) is 52.4 Å². The number of amides is 1. The van der Waals surface area contributed by atoms with Crippen molar-refractivity contribution >= 4 is 17.1 Å². The van der Waals surface area contributed by atoms with Crippen molar-refractivity contribution in [1.82, 2.24) is 14.5 Å². The fourth-order valence-electron chi connectivity index (χ4n) is 2.67. The number of benzene rings is 1. The molecule has 1 aromatic heterocycles. The van der Waals surface area contributed by atoms with Crippen LogP contribution in [0.2, 0.25) is 0 Å². The molecule has 0 fully saturated rings. The number of rotatable bonds is 8. The number of carbonyl (C=O) groups excluding carboxylic acids is 1. The highest BCUT2D eigenvalue weighted by atomic mass is 16.2. The second-order valence-electron chi connectivity index (χ2n) is 5.79. The number of carbonyl (C=O) groups is 1. The predicted molar refractivity (Wildman–Crippen MR) is 91.2 cm³/mol. The Balaban J connectivity index is 2.12. The molecular weight excluding hydrogens is 274 g/mol. The number of fused-ring (bicyclic) bond motifs is 1. The molecule has 0 spiro atoms. The number of para-hydroxylation sites is 2. The Bertz CT molecular complexity index is 581. The van der Waals surface area contributed by atoms with E-state index in [-0.39, 0.29) is 6.03 Å². The van der Waals surface area contributed by atoms with Gasteiger partial charge in [-0.2, -0.15) is 0 Å². The van der Waals surface area contributed by atoms with Gasteiger partial charge in [-0.3, -0.25) is 4.57 Å². The molecule has 1 amide bonds. The first kappa shape index (κ1) is 16.5. The van der Waals surface area contributed by atoms with E-state index in [0.717, 1.165) is 37.0 Å². The largest absolute Gasteiger partial charge is 0.329 e. The molecule has 2 rings (SSSR count). The summed E-state index contributed by atoms with van der Waals surface area (Å²) in [4.78, 5) is 19.2. The summed E-state index contributed by atoms with van der Waals surface area (Å²) in [6.07, 6.45) is 8.47. The van der Waals surface area contributed by atoms with Crippen LogP contribution in [0.25, 0.3) is 11.0 Å². The van der Waals surface area contributed by atoms with Gasteiger partial charge in [0, 0.05) is 13.1 Å². The Morgan fingerprint density at radius 2 is 1.68 bits per heavy atom. The molecule has 120 valence electrons. The number of aromatic nitrogens is 2. The summed E-state index contributed by atoms with van der Waals surface area (Å²) < 4.78 is 1.69. The second-order valence-corrected chi connectivity index (χ2v) is 5.79. The van der Waals surface area contributed by atoms with Crippen molar-refractivity contribution < 1.29 is 4.79 Å². The molecule has 2 aromatic rings. The van der Waals surface area contributed by atoms with Gasteiger partial charge in [-0.15, -0.1) is 0 Å². The first-order valence-corrected chi connectivity index (χ1v) is 8.49. The lowest BCUT2D eigenvalue weighted by molar-refractivity contribution is 0.198. The smallest absolute Gasteiger partial charge is 0.324 e. The molecule has 0 aliphatic carbocycles. The Morgan fingerprint density at radius 1 is 1.05 bits per heavy atom. The van der Waals surface area contributed by atoms with Crippen LogP contribution in [-0.2, 0) is 0 Å². The van der Waals surface area contributed by atoms with Gasteiger partial charge in [-0.25, -0.2) is 9.78 Å². The van der Waals surface area contributed by atoms with Crippen LogP contribution >= 0.6 is 0 Å². The average molecular weight is 301 g/mol. The molecule has 0 saturated carbocycles. The molecule has 1 heterocycles. The number of imidazole rings is 1. The van der Waals surface area contributed by atoms with Gasteiger partial charge >= 0.3 is 6.03 Å². The van der Waals surface area contributed by atoms with E-state index in [1.165, 1.54) is 25.7 Å². The number of hydrogen-bond acceptors (Lipinski definition) is 2. The molecule has 0 atom stereocenters. The zero-order valence-electron chi connectivity index (χ0n) is 13.8. The van der Waals surface area contributed by atoms with E-state index in [4.69, 9.17) is 0 Å². The molecule has 22 heavy (non-hydrogen) atoms. The molecule has 0 aliphatic heterocycles. The summed E-state index contributed by atoms with van der Waals surface area (Å²) in [5, 5.41) is 0. The third-order valence-corrected chi connectivity index (χ3v) is 3.99. The lowest BCUT2D eigenvalue weighted by Gasteiger charge is -2.23. The van der Waals surface area contributed by atoms with Crippen molar-refractivity contribution in [2.24, 2.45) is 0 Å². The summed E-state index contributed by atoms with van der Waals surface area (Å²) in [6.45, 7) is 6.05. The monoisotopic (exact) mass is 301 g/mol. The van der Waals surface area contributed by atoms with E-state index in [0.29, 0.717) is 0 Å². The van der Waals surface area contributed by atoms with Crippen molar-refractivity contribution in [3.8, 4) is 0 Å². The highest BCUT2D eigenvalue weighted by molar-refractivity contribution is 5.89. The standard InChI is InChI=1S/C18H27N3O/c1-3-5-9-13-20(14-10-6-4-2)18(22)21-15-19-16-11-7-8-12-17(16)21/h7-8,11-12,15H,3-6,9-10,13-14H2,1-2H3. The summed E-state index contributed by atoms with van der Waals surface area (Å²) in [6, 6.07) is 7.85. The molecule has 4 nitrogen and oxygen atoms in total. The van der Waals surface area contributed by atoms with Crippen LogP contribution in [0.3, 0.4) is 0 Å². The molecule has 0 N–H and O–H groups in total. The topological polar surface area (TPSA) is 38.1 Å². The van der Waals surface area contributed by atoms with Crippen LogP contribution in [0.15, 0.2) is 30.6 Å². The third kappa shape index (κ3) is 4.09. The Hall–Kier alpha value is -1.84. The van der Waals surface area contributed by atoms with E-state index < -0.39 is 0 Å². The molecule has 0 saturated heterocycles. The second kappa shape index (κ2) is 8.57. The maximum absolute atomic E-state index is 12.9. The SMILES string of the molecule is CCCCCN(CCCCC)C(=O)n1cnc2ccccc21. The first-order valence-electron chi connectivity index (χ1n) is 8.49. The predicted octanol–water partition coefficient (Wildman–Crippen LogP) is 4.69. The minimum Gasteiger partial charge on any atom is -0.324 e. The lowest BCUT2D eigenvalue weighted by atomic mass is 10.2. The molecule has 1 aromatic carbocycles. The van der Waals surface area contributed by atoms with Crippen molar-refractivity contribution in [2.75, 3.05) is 13.1 Å². The van der Waals surface area contributed by atoms with Crippen LogP contribution < -0.4 is 0 Å². The Kier molecular flexibility index (Phi) is 6.44. The van der Waals surface area contributed by atoms with Crippen LogP contribution in [-0.4, -0.2) is 33.6 Å². The van der Waals surface area contributed by atoms with Gasteiger partial charge in [0.2, 0.25) is 0 Å². The Morgan fingerprint density at radius 3 is 2.32 bits per heavy atom. The fourth-order valence-corrected chi connectivity index (χ4v) is 2.67. The van der Waals surface area contributed by atoms with Crippen LogP contribution in [0, 0.1) is 0 Å². The van der Waals surface area contributed by atoms with E-state index >= 15 is 0 Å². The van der Waals surface area contributed by atoms with Crippen LogP contribution in [0.1, 0.15) is 52.4 Å². The number of nitrogens with zero attached hydrogens (tertiary/aromatic N) is 3. The van der Waals surface area contributed by atoms with Gasteiger partial charge in [0.05, 0.1) is 11.0 Å². The van der Waals surface area contributed by atoms with Gasteiger partial charge in [0.1, 0.15) is 6.33 Å². The van der Waals surface area contributed by atoms with Gasteiger partial charge in [-0.05, 0) is 25.0 Å². The van der Waals surface area contributed by atoms with E-state index in [9.17, 15) is 4.79 Å². The summed E-state index contributed by atoms with van der Waals surface area (Å²) in [5.74, 6) is 0. The summed E-state index contributed by atoms with van der Waals surface area (Å²) in [5.41, 5.74) is 1.77. The van der Waals surface area contributed by atoms with E-state index in [2.05, 4.69) is 18.8 Å². The van der Waals surface area contributed by atoms with Gasteiger partial charge < -0.3 is 4.90 Å². The molecule has 0 aliphatic rings. The van der Waals surface area contributed by atoms with E-state index in [1.54, 1.807) is 10.9 Å². The number of hydrogen-bond donors (Lipinski definition) is 0. The third-order valence-electron chi connectivity index (χ3n) is 3.99. The minimum atomic E-state index is 0.0564. The van der Waals surface area contributed by atoms with E-state index in [1.807, 2.05) is 29.2 Å². The van der Waals surface area contributed by atoms with Crippen LogP contribution in [0.4, 0.5) is 4.79 Å². The van der Waals surface area contributed by atoms with Gasteiger partial charge in [-0.1, -0.05) is 51.7 Å². The van der Waals surface area contributed by atoms with Gasteiger partial charge in [0.25, 0.3) is 0 Å². The summed E-state index contributed by atoms with van der Waals surface area (Å²) >= 11 is 0. The zero-order chi connectivity index (χ0) is 15.8. The molecule has 4 heteroatoms. The van der Waals surface area contributed by atoms with Crippen molar-refractivity contribution in [1.29, 1.82) is 0 Å². The normalized spacial score (nSPS) is 11.0. The summed E-state index contributed by atoms with van der Waals surface area (Å²) in [7, 11) is 0. The minimum absolute atomic E-state index is 0.0564. The molecule has 0 bridgehead atoms. The van der Waals surface area contributed by atoms with Gasteiger partial charge in [0.15, 0.2) is 0 Å². The quantitative estimate of drug-likeness (QED) is 0.664. The number of unbranched alkanes of at least 4 members (excludes halogenated alkanes) is 4. The molecule has 0 radical (unpaired) electrons. The average Bonchev–Trinajstić information content (AvgIpc) is 2.97. The molecular formula is C18H27N3O. The van der Waals surface area contributed by atoms with Crippen LogP contribution in [0.5, 0.6) is 0 Å². The van der Waals surface area contributed by atoms with Crippen molar-refractivity contribution in [3.05, 3.63) is 30.6 Å². The zero-order valence-corrected chi connectivity index (χ0v) is 13.8. The maximum atomic E-state index is 12.9.